The molecule has 1 aliphatic rings. The third-order valence-electron chi connectivity index (χ3n) is 4.38. The molecule has 0 bridgehead atoms. The molecule has 0 radical (unpaired) electrons. The Morgan fingerprint density at radius 2 is 2.29 bits per heavy atom. The lowest BCUT2D eigenvalue weighted by Gasteiger charge is -2.28. The van der Waals surface area contributed by atoms with Gasteiger partial charge < -0.3 is 19.7 Å². The van der Waals surface area contributed by atoms with Gasteiger partial charge in [0, 0.05) is 31.5 Å². The number of nitrogens with one attached hydrogen (secondary N) is 2. The molecule has 3 rings (SSSR count). The highest BCUT2D eigenvalue weighted by Gasteiger charge is 2.26. The minimum Gasteiger partial charge on any atom is -0.360 e. The summed E-state index contributed by atoms with van der Waals surface area (Å²) in [7, 11) is 0. The molecule has 1 aliphatic heterocycles. The summed E-state index contributed by atoms with van der Waals surface area (Å²) in [5, 5.41) is 18.6. The van der Waals surface area contributed by atoms with E-state index in [4.69, 9.17) is 4.52 Å². The highest BCUT2D eigenvalue weighted by Crippen LogP contribution is 2.17. The van der Waals surface area contributed by atoms with Gasteiger partial charge in [-0.2, -0.15) is 0 Å². The molecule has 8 nitrogen and oxygen atoms in total. The zero-order chi connectivity index (χ0) is 17.1. The van der Waals surface area contributed by atoms with Crippen molar-refractivity contribution < 1.29 is 9.32 Å². The van der Waals surface area contributed by atoms with E-state index in [0.29, 0.717) is 18.0 Å². The van der Waals surface area contributed by atoms with E-state index in [1.54, 1.807) is 13.0 Å². The van der Waals surface area contributed by atoms with Crippen LogP contribution in [0.25, 0.3) is 0 Å². The molecule has 2 atom stereocenters. The molecule has 0 aliphatic carbocycles. The minimum absolute atomic E-state index is 0.0870. The number of carbonyl (C=O) groups is 1. The first kappa shape index (κ1) is 16.6. The van der Waals surface area contributed by atoms with Crippen LogP contribution in [0.15, 0.2) is 10.6 Å². The van der Waals surface area contributed by atoms with E-state index in [9.17, 15) is 4.79 Å². The van der Waals surface area contributed by atoms with E-state index in [0.717, 1.165) is 37.5 Å². The van der Waals surface area contributed by atoms with Crippen molar-refractivity contribution in [2.24, 2.45) is 0 Å². The number of nitrogens with zero attached hydrogens (tertiary/aromatic N) is 4. The van der Waals surface area contributed by atoms with Gasteiger partial charge in [0.15, 0.2) is 5.82 Å². The smallest absolute Gasteiger partial charge is 0.242 e. The van der Waals surface area contributed by atoms with Gasteiger partial charge in [-0.1, -0.05) is 19.0 Å². The molecule has 1 amide bonds. The summed E-state index contributed by atoms with van der Waals surface area (Å²) in [6, 6.07) is 1.67. The second-order valence-electron chi connectivity index (χ2n) is 6.17. The average molecular weight is 332 g/mol. The molecule has 0 spiro atoms. The summed E-state index contributed by atoms with van der Waals surface area (Å²) < 4.78 is 7.16. The van der Waals surface area contributed by atoms with Gasteiger partial charge in [0.25, 0.3) is 0 Å². The summed E-state index contributed by atoms with van der Waals surface area (Å²) in [6.45, 7) is 6.67. The Kier molecular flexibility index (Phi) is 4.94. The topological polar surface area (TPSA) is 97.9 Å². The van der Waals surface area contributed by atoms with Crippen molar-refractivity contribution in [3.05, 3.63) is 23.5 Å². The second-order valence-corrected chi connectivity index (χ2v) is 6.17. The van der Waals surface area contributed by atoms with Gasteiger partial charge >= 0.3 is 0 Å². The molecule has 130 valence electrons. The number of amides is 1. The van der Waals surface area contributed by atoms with Crippen LogP contribution in [-0.2, 0) is 24.2 Å². The van der Waals surface area contributed by atoms with Gasteiger partial charge in [-0.15, -0.1) is 10.2 Å². The number of carbonyl (C=O) groups excluding carboxylic acids is 1. The largest absolute Gasteiger partial charge is 0.360 e. The standard InChI is InChI=1S/C16H24N6O2/c1-4-12(16(23)18-13-8-10(3)24-21-13)17-11-6-7-15-20-19-14(5-2)22(15)9-11/h8,11-12,17H,4-7,9H2,1-3H3,(H,18,21,23)/t11-,12+/m1/s1. The number of hydrogen-bond acceptors (Lipinski definition) is 6. The molecular weight excluding hydrogens is 308 g/mol. The van der Waals surface area contributed by atoms with Crippen molar-refractivity contribution in [1.82, 2.24) is 25.2 Å². The molecule has 2 N–H and O–H groups in total. The molecule has 0 unspecified atom stereocenters. The Bertz CT molecular complexity index is 694. The molecule has 24 heavy (non-hydrogen) atoms. The molecule has 8 heteroatoms. The van der Waals surface area contributed by atoms with Crippen molar-refractivity contribution in [2.75, 3.05) is 5.32 Å². The van der Waals surface area contributed by atoms with Crippen molar-refractivity contribution in [2.45, 2.75) is 65.1 Å². The first-order valence-corrected chi connectivity index (χ1v) is 8.51. The first-order chi connectivity index (χ1) is 11.6. The van der Waals surface area contributed by atoms with E-state index < -0.39 is 0 Å². The Hall–Kier alpha value is -2.22. The lowest BCUT2D eigenvalue weighted by Crippen LogP contribution is -2.48. The lowest BCUT2D eigenvalue weighted by molar-refractivity contribution is -0.118. The molecule has 2 aromatic rings. The third kappa shape index (κ3) is 3.48. The fourth-order valence-corrected chi connectivity index (χ4v) is 3.08. The molecule has 3 heterocycles. The molecule has 0 saturated heterocycles. The van der Waals surface area contributed by atoms with Gasteiger partial charge in [0.1, 0.15) is 17.4 Å². The first-order valence-electron chi connectivity index (χ1n) is 8.51. The molecule has 0 saturated carbocycles. The van der Waals surface area contributed by atoms with Crippen LogP contribution in [0, 0.1) is 6.92 Å². The molecular formula is C16H24N6O2. The van der Waals surface area contributed by atoms with E-state index in [2.05, 4.69) is 37.5 Å². The number of anilines is 1. The van der Waals surface area contributed by atoms with E-state index >= 15 is 0 Å². The van der Waals surface area contributed by atoms with E-state index in [1.807, 2.05) is 6.92 Å². The lowest BCUT2D eigenvalue weighted by atomic mass is 10.0. The van der Waals surface area contributed by atoms with Crippen molar-refractivity contribution in [1.29, 1.82) is 0 Å². The van der Waals surface area contributed by atoms with Crippen LogP contribution in [0.5, 0.6) is 0 Å². The summed E-state index contributed by atoms with van der Waals surface area (Å²) in [5.74, 6) is 3.09. The van der Waals surface area contributed by atoms with Crippen LogP contribution >= 0.6 is 0 Å². The predicted molar refractivity (Wildman–Crippen MR) is 88.6 cm³/mol. The average Bonchev–Trinajstić information content (AvgIpc) is 3.17. The Morgan fingerprint density at radius 3 is 2.96 bits per heavy atom. The number of rotatable bonds is 6. The summed E-state index contributed by atoms with van der Waals surface area (Å²) >= 11 is 0. The zero-order valence-electron chi connectivity index (χ0n) is 14.4. The second kappa shape index (κ2) is 7.12. The van der Waals surface area contributed by atoms with Crippen LogP contribution in [0.4, 0.5) is 5.82 Å². The molecule has 2 aromatic heterocycles. The zero-order valence-corrected chi connectivity index (χ0v) is 14.4. The van der Waals surface area contributed by atoms with Crippen LogP contribution in [0.3, 0.4) is 0 Å². The van der Waals surface area contributed by atoms with Gasteiger partial charge in [-0.05, 0) is 19.8 Å². The summed E-state index contributed by atoms with van der Waals surface area (Å²) in [6.07, 6.45) is 3.40. The normalized spacial score (nSPS) is 18.2. The summed E-state index contributed by atoms with van der Waals surface area (Å²) in [5.41, 5.74) is 0. The van der Waals surface area contributed by atoms with Gasteiger partial charge in [-0.3, -0.25) is 4.79 Å². The van der Waals surface area contributed by atoms with Gasteiger partial charge in [0.05, 0.1) is 6.04 Å². The van der Waals surface area contributed by atoms with Crippen LogP contribution in [0.1, 0.15) is 44.1 Å². The number of fused-ring (bicyclic) bond motifs is 1. The fraction of sp³-hybridized carbons (Fsp3) is 0.625. The van der Waals surface area contributed by atoms with Gasteiger partial charge in [0.2, 0.25) is 5.91 Å². The number of aromatic nitrogens is 4. The Labute approximate surface area is 141 Å². The molecule has 0 fully saturated rings. The SMILES string of the molecule is CCc1nnc2n1C[C@H](N[C@@H](CC)C(=O)Nc1cc(C)on1)CC2. The Balaban J connectivity index is 1.62. The van der Waals surface area contributed by atoms with Crippen LogP contribution < -0.4 is 10.6 Å². The Morgan fingerprint density at radius 1 is 1.46 bits per heavy atom. The van der Waals surface area contributed by atoms with Crippen molar-refractivity contribution in [3.8, 4) is 0 Å². The summed E-state index contributed by atoms with van der Waals surface area (Å²) in [4.78, 5) is 12.5. The quantitative estimate of drug-likeness (QED) is 0.831. The van der Waals surface area contributed by atoms with Crippen molar-refractivity contribution >= 4 is 11.7 Å². The number of hydrogen-bond donors (Lipinski definition) is 2. The fourth-order valence-electron chi connectivity index (χ4n) is 3.08. The monoisotopic (exact) mass is 332 g/mol. The maximum absolute atomic E-state index is 12.5. The predicted octanol–water partition coefficient (Wildman–Crippen LogP) is 1.46. The maximum Gasteiger partial charge on any atom is 0.242 e. The van der Waals surface area contributed by atoms with Crippen LogP contribution in [-0.4, -0.2) is 37.9 Å². The van der Waals surface area contributed by atoms with Gasteiger partial charge in [-0.25, -0.2) is 0 Å². The van der Waals surface area contributed by atoms with E-state index in [1.165, 1.54) is 0 Å². The third-order valence-corrected chi connectivity index (χ3v) is 4.38. The minimum atomic E-state index is -0.268. The van der Waals surface area contributed by atoms with Crippen LogP contribution in [0.2, 0.25) is 0 Å². The number of aryl methyl sites for hydroxylation is 3. The maximum atomic E-state index is 12.5. The molecule has 0 aromatic carbocycles. The van der Waals surface area contributed by atoms with E-state index in [-0.39, 0.29) is 18.0 Å². The highest BCUT2D eigenvalue weighted by atomic mass is 16.5. The van der Waals surface area contributed by atoms with Crippen molar-refractivity contribution in [3.63, 3.8) is 0 Å². The highest BCUT2D eigenvalue weighted by molar-refractivity contribution is 5.94.